The summed E-state index contributed by atoms with van der Waals surface area (Å²) in [6.45, 7) is 0. The number of aromatic nitrogens is 2. The molecule has 0 aliphatic heterocycles. The molecule has 0 bridgehead atoms. The quantitative estimate of drug-likeness (QED) is 0.394. The Morgan fingerprint density at radius 2 is 1.62 bits per heavy atom. The van der Waals surface area contributed by atoms with Crippen molar-refractivity contribution in [3.8, 4) is 22.6 Å². The van der Waals surface area contributed by atoms with Gasteiger partial charge in [-0.1, -0.05) is 61.4 Å². The highest BCUT2D eigenvalue weighted by Crippen LogP contribution is 2.46. The zero-order chi connectivity index (χ0) is 24.1. The smallest absolute Gasteiger partial charge is 0.223 e. The highest BCUT2D eigenvalue weighted by atomic mass is 35.5. The van der Waals surface area contributed by atoms with Gasteiger partial charge < -0.3 is 19.9 Å². The average Bonchev–Trinajstić information content (AvgIpc) is 2.83. The second kappa shape index (κ2) is 11.4. The Balaban J connectivity index is 1.60. The lowest BCUT2D eigenvalue weighted by molar-refractivity contribution is 0.141. The van der Waals surface area contributed by atoms with E-state index in [4.69, 9.17) is 37.7 Å². The average molecular weight is 504 g/mol. The minimum absolute atomic E-state index is 0.159. The molecule has 8 heteroatoms. The third-order valence-corrected chi connectivity index (χ3v) is 7.17. The first-order valence-corrected chi connectivity index (χ1v) is 12.6. The molecule has 1 aromatic heterocycles. The van der Waals surface area contributed by atoms with E-state index in [1.165, 1.54) is 19.3 Å². The molecular weight excluding hydrogens is 473 g/mol. The Morgan fingerprint density at radius 3 is 2.32 bits per heavy atom. The predicted octanol–water partition coefficient (Wildman–Crippen LogP) is 6.90. The van der Waals surface area contributed by atoms with E-state index in [1.807, 2.05) is 18.2 Å². The van der Waals surface area contributed by atoms with Gasteiger partial charge in [-0.3, -0.25) is 0 Å². The number of hydrogen-bond acceptors (Lipinski definition) is 6. The fraction of sp³-hybridized carbons (Fsp3) is 0.462. The van der Waals surface area contributed by atoms with Crippen LogP contribution in [0.15, 0.2) is 30.5 Å². The molecule has 1 aliphatic carbocycles. The van der Waals surface area contributed by atoms with E-state index in [-0.39, 0.29) is 12.1 Å². The molecule has 1 heterocycles. The van der Waals surface area contributed by atoms with E-state index in [2.05, 4.69) is 10.3 Å². The van der Waals surface area contributed by atoms with E-state index in [9.17, 15) is 5.11 Å². The maximum atomic E-state index is 10.4. The first-order chi connectivity index (χ1) is 16.5. The second-order valence-electron chi connectivity index (χ2n) is 8.83. The summed E-state index contributed by atoms with van der Waals surface area (Å²) in [6, 6.07) is 7.65. The number of aliphatic hydroxyl groups excluding tert-OH is 1. The maximum Gasteiger partial charge on any atom is 0.223 e. The fourth-order valence-corrected chi connectivity index (χ4v) is 5.30. The van der Waals surface area contributed by atoms with Crippen molar-refractivity contribution in [2.45, 2.75) is 63.5 Å². The molecule has 34 heavy (non-hydrogen) atoms. The first-order valence-electron chi connectivity index (χ1n) is 11.8. The lowest BCUT2D eigenvalue weighted by atomic mass is 9.96. The number of anilines is 1. The van der Waals surface area contributed by atoms with Gasteiger partial charge in [-0.05, 0) is 37.0 Å². The minimum atomic E-state index is -0.284. The summed E-state index contributed by atoms with van der Waals surface area (Å²) in [5.74, 6) is 1.55. The maximum absolute atomic E-state index is 10.4. The normalized spacial score (nSPS) is 19.6. The van der Waals surface area contributed by atoms with Crippen LogP contribution in [-0.4, -0.2) is 41.4 Å². The van der Waals surface area contributed by atoms with Crippen molar-refractivity contribution in [3.05, 3.63) is 40.5 Å². The SMILES string of the molecule is COc1cc(OC)c(Cl)c(-c2ccc3nc(NC4CCCCCCC[C@@H](O)C4)ncc3c2)c1Cl. The van der Waals surface area contributed by atoms with E-state index in [0.29, 0.717) is 33.1 Å². The van der Waals surface area contributed by atoms with Gasteiger partial charge in [-0.2, -0.15) is 0 Å². The molecular formula is C26H31Cl2N3O3. The van der Waals surface area contributed by atoms with Gasteiger partial charge in [0.2, 0.25) is 5.95 Å². The third-order valence-electron chi connectivity index (χ3n) is 6.42. The van der Waals surface area contributed by atoms with Crippen LogP contribution in [-0.2, 0) is 0 Å². The number of methoxy groups -OCH3 is 2. The van der Waals surface area contributed by atoms with Crippen LogP contribution in [0.2, 0.25) is 10.0 Å². The Morgan fingerprint density at radius 1 is 0.941 bits per heavy atom. The van der Waals surface area contributed by atoms with Crippen LogP contribution in [0.3, 0.4) is 0 Å². The van der Waals surface area contributed by atoms with E-state index in [0.717, 1.165) is 48.6 Å². The summed E-state index contributed by atoms with van der Waals surface area (Å²) in [7, 11) is 3.11. The zero-order valence-electron chi connectivity index (χ0n) is 19.6. The molecule has 3 aromatic rings. The van der Waals surface area contributed by atoms with Crippen molar-refractivity contribution >= 4 is 40.1 Å². The highest BCUT2D eigenvalue weighted by Gasteiger charge is 2.20. The Labute approximate surface area is 210 Å². The molecule has 1 saturated carbocycles. The number of nitrogens with one attached hydrogen (secondary N) is 1. The lowest BCUT2D eigenvalue weighted by Crippen LogP contribution is -2.27. The molecule has 1 fully saturated rings. The summed E-state index contributed by atoms with van der Waals surface area (Å²) in [6.07, 6.45) is 10.0. The van der Waals surface area contributed by atoms with Gasteiger partial charge in [0.25, 0.3) is 0 Å². The van der Waals surface area contributed by atoms with Crippen LogP contribution >= 0.6 is 23.2 Å². The van der Waals surface area contributed by atoms with Crippen molar-refractivity contribution in [1.29, 1.82) is 0 Å². The summed E-state index contributed by atoms with van der Waals surface area (Å²) in [5.41, 5.74) is 2.27. The fourth-order valence-electron chi connectivity index (χ4n) is 4.58. The molecule has 0 spiro atoms. The third kappa shape index (κ3) is 5.68. The molecule has 2 aromatic carbocycles. The molecule has 1 aliphatic rings. The van der Waals surface area contributed by atoms with Crippen molar-refractivity contribution in [3.63, 3.8) is 0 Å². The van der Waals surface area contributed by atoms with Crippen molar-refractivity contribution < 1.29 is 14.6 Å². The monoisotopic (exact) mass is 503 g/mol. The van der Waals surface area contributed by atoms with Crippen LogP contribution in [0.1, 0.15) is 51.4 Å². The van der Waals surface area contributed by atoms with Crippen molar-refractivity contribution in [1.82, 2.24) is 9.97 Å². The van der Waals surface area contributed by atoms with Crippen LogP contribution < -0.4 is 14.8 Å². The van der Waals surface area contributed by atoms with Crippen molar-refractivity contribution in [2.75, 3.05) is 19.5 Å². The number of ether oxygens (including phenoxy) is 2. The summed E-state index contributed by atoms with van der Waals surface area (Å²) < 4.78 is 10.8. The van der Waals surface area contributed by atoms with Crippen molar-refractivity contribution in [2.24, 2.45) is 0 Å². The Kier molecular flexibility index (Phi) is 8.35. The van der Waals surface area contributed by atoms with Gasteiger partial charge in [0.1, 0.15) is 11.5 Å². The number of nitrogens with zero attached hydrogens (tertiary/aromatic N) is 2. The molecule has 0 radical (unpaired) electrons. The van der Waals surface area contributed by atoms with E-state index >= 15 is 0 Å². The summed E-state index contributed by atoms with van der Waals surface area (Å²) in [4.78, 5) is 9.27. The van der Waals surface area contributed by atoms with Gasteiger partial charge in [0.05, 0.1) is 35.9 Å². The molecule has 0 amide bonds. The molecule has 2 atom stereocenters. The zero-order valence-corrected chi connectivity index (χ0v) is 21.1. The van der Waals surface area contributed by atoms with Crippen LogP contribution in [0, 0.1) is 0 Å². The number of halogens is 2. The second-order valence-corrected chi connectivity index (χ2v) is 9.58. The van der Waals surface area contributed by atoms with Gasteiger partial charge in [0, 0.05) is 29.3 Å². The lowest BCUT2D eigenvalue weighted by Gasteiger charge is -2.23. The number of aliphatic hydroxyl groups is 1. The molecule has 4 rings (SSSR count). The van der Waals surface area contributed by atoms with Gasteiger partial charge in [0.15, 0.2) is 0 Å². The number of benzene rings is 2. The summed E-state index contributed by atoms with van der Waals surface area (Å²) >= 11 is 13.2. The molecule has 2 N–H and O–H groups in total. The Hall–Kier alpha value is -2.28. The molecule has 0 saturated heterocycles. The number of fused-ring (bicyclic) bond motifs is 1. The first kappa shape index (κ1) is 24.8. The summed E-state index contributed by atoms with van der Waals surface area (Å²) in [5, 5.41) is 15.5. The van der Waals surface area contributed by atoms with E-state index in [1.54, 1.807) is 26.5 Å². The van der Waals surface area contributed by atoms with Crippen LogP contribution in [0.25, 0.3) is 22.0 Å². The van der Waals surface area contributed by atoms with Gasteiger partial charge in [-0.25, -0.2) is 9.97 Å². The van der Waals surface area contributed by atoms with Crippen LogP contribution in [0.5, 0.6) is 11.5 Å². The number of hydrogen-bond donors (Lipinski definition) is 2. The molecule has 6 nitrogen and oxygen atoms in total. The highest BCUT2D eigenvalue weighted by molar-refractivity contribution is 6.41. The topological polar surface area (TPSA) is 76.5 Å². The predicted molar refractivity (Wildman–Crippen MR) is 138 cm³/mol. The standard InChI is InChI=1S/C26H31Cl2N3O3/c1-33-21-14-22(34-2)25(28)23(24(21)27)16-10-11-20-17(12-16)15-29-26(31-20)30-18-8-6-4-3-5-7-9-19(32)13-18/h10-12,14-15,18-19,32H,3-9,13H2,1-2H3,(H,29,30,31)/t18?,19-/m1/s1. The van der Waals surface area contributed by atoms with Gasteiger partial charge >= 0.3 is 0 Å². The van der Waals surface area contributed by atoms with E-state index < -0.39 is 0 Å². The van der Waals surface area contributed by atoms with Gasteiger partial charge in [-0.15, -0.1) is 0 Å². The largest absolute Gasteiger partial charge is 0.495 e. The minimum Gasteiger partial charge on any atom is -0.495 e. The van der Waals surface area contributed by atoms with Crippen LogP contribution in [0.4, 0.5) is 5.95 Å². The Bertz CT molecular complexity index is 1110. The molecule has 182 valence electrons. The number of rotatable bonds is 5. The molecule has 1 unspecified atom stereocenters.